The van der Waals surface area contributed by atoms with Gasteiger partial charge in [0.15, 0.2) is 0 Å². The number of rotatable bonds is 1. The van der Waals surface area contributed by atoms with E-state index >= 15 is 0 Å². The third-order valence-electron chi connectivity index (χ3n) is 1.49. The van der Waals surface area contributed by atoms with E-state index < -0.39 is 0 Å². The van der Waals surface area contributed by atoms with Crippen LogP contribution in [0.1, 0.15) is 5.56 Å². The molecule has 1 N–H and O–H groups in total. The smallest absolute Gasteiger partial charge is 0.138 e. The van der Waals surface area contributed by atoms with E-state index in [0.717, 1.165) is 5.56 Å². The van der Waals surface area contributed by atoms with E-state index in [1.807, 2.05) is 0 Å². The maximum Gasteiger partial charge on any atom is 0.138 e. The van der Waals surface area contributed by atoms with E-state index in [2.05, 4.69) is 24.5 Å². The van der Waals surface area contributed by atoms with Crippen LogP contribution in [0.25, 0.3) is 0 Å². The van der Waals surface area contributed by atoms with Gasteiger partial charge in [-0.1, -0.05) is 11.8 Å². The quantitative estimate of drug-likeness (QED) is 0.526. The number of benzene rings is 1. The van der Waals surface area contributed by atoms with Crippen LogP contribution in [0.5, 0.6) is 11.5 Å². The van der Waals surface area contributed by atoms with Gasteiger partial charge in [-0.25, -0.2) is 0 Å². The van der Waals surface area contributed by atoms with Crippen molar-refractivity contribution in [3.8, 4) is 23.3 Å². The third-order valence-corrected chi connectivity index (χ3v) is 1.65. The highest BCUT2D eigenvalue weighted by Gasteiger charge is 1.99. The number of methoxy groups -OCH3 is 1. The molecule has 0 radical (unpaired) electrons. The van der Waals surface area contributed by atoms with E-state index in [1.165, 1.54) is 6.07 Å². The average Bonchev–Trinajstić information content (AvgIpc) is 2.16. The molecule has 1 rings (SSSR count). The second-order valence-electron chi connectivity index (χ2n) is 2.34. The van der Waals surface area contributed by atoms with Crippen molar-refractivity contribution in [2.75, 3.05) is 12.9 Å². The molecule has 0 aliphatic rings. The number of ether oxygens (including phenoxy) is 1. The molecular formula is C10H10O2S. The van der Waals surface area contributed by atoms with Gasteiger partial charge in [0.1, 0.15) is 11.5 Å². The Balaban J connectivity index is 3.06. The molecule has 2 nitrogen and oxygen atoms in total. The molecule has 0 heterocycles. The molecule has 0 aliphatic heterocycles. The SMILES string of the molecule is COc1cc(O)ccc1C#CCS. The number of thiol groups is 1. The lowest BCUT2D eigenvalue weighted by atomic mass is 10.2. The van der Waals surface area contributed by atoms with E-state index in [-0.39, 0.29) is 5.75 Å². The van der Waals surface area contributed by atoms with Gasteiger partial charge in [0.05, 0.1) is 18.4 Å². The summed E-state index contributed by atoms with van der Waals surface area (Å²) in [6.07, 6.45) is 0. The fourth-order valence-corrected chi connectivity index (χ4v) is 0.997. The normalized spacial score (nSPS) is 8.77. The summed E-state index contributed by atoms with van der Waals surface area (Å²) in [5.74, 6) is 6.95. The maximum atomic E-state index is 9.15. The van der Waals surface area contributed by atoms with Gasteiger partial charge in [-0.05, 0) is 12.1 Å². The molecule has 1 aromatic carbocycles. The van der Waals surface area contributed by atoms with Gasteiger partial charge >= 0.3 is 0 Å². The Kier molecular flexibility index (Phi) is 3.53. The summed E-state index contributed by atoms with van der Waals surface area (Å²) in [5.41, 5.74) is 0.759. The van der Waals surface area contributed by atoms with Gasteiger partial charge in [0, 0.05) is 6.07 Å². The molecule has 0 atom stereocenters. The summed E-state index contributed by atoms with van der Waals surface area (Å²) in [5, 5.41) is 9.15. The van der Waals surface area contributed by atoms with E-state index in [4.69, 9.17) is 9.84 Å². The second-order valence-corrected chi connectivity index (χ2v) is 2.66. The lowest BCUT2D eigenvalue weighted by Gasteiger charge is -2.02. The molecule has 0 aromatic heterocycles. The topological polar surface area (TPSA) is 29.5 Å². The first-order valence-corrected chi connectivity index (χ1v) is 4.38. The predicted molar refractivity (Wildman–Crippen MR) is 55.4 cm³/mol. The Hall–Kier alpha value is -1.27. The fourth-order valence-electron chi connectivity index (χ4n) is 0.918. The highest BCUT2D eigenvalue weighted by atomic mass is 32.1. The van der Waals surface area contributed by atoms with Crippen LogP contribution in [0, 0.1) is 11.8 Å². The van der Waals surface area contributed by atoms with Crippen molar-refractivity contribution in [3.63, 3.8) is 0 Å². The van der Waals surface area contributed by atoms with Crippen molar-refractivity contribution in [1.29, 1.82) is 0 Å². The Morgan fingerprint density at radius 1 is 1.54 bits per heavy atom. The summed E-state index contributed by atoms with van der Waals surface area (Å²) in [6.45, 7) is 0. The van der Waals surface area contributed by atoms with E-state index in [9.17, 15) is 0 Å². The van der Waals surface area contributed by atoms with Gasteiger partial charge in [0.25, 0.3) is 0 Å². The minimum Gasteiger partial charge on any atom is -0.508 e. The minimum absolute atomic E-state index is 0.174. The van der Waals surface area contributed by atoms with E-state index in [1.54, 1.807) is 19.2 Å². The number of hydrogen-bond acceptors (Lipinski definition) is 3. The molecule has 0 fully saturated rings. The zero-order valence-corrected chi connectivity index (χ0v) is 8.14. The zero-order valence-electron chi connectivity index (χ0n) is 7.24. The molecule has 13 heavy (non-hydrogen) atoms. The Bertz CT molecular complexity index is 350. The zero-order chi connectivity index (χ0) is 9.68. The van der Waals surface area contributed by atoms with Gasteiger partial charge in [-0.3, -0.25) is 0 Å². The van der Waals surface area contributed by atoms with Crippen molar-refractivity contribution in [1.82, 2.24) is 0 Å². The third kappa shape index (κ3) is 2.60. The van der Waals surface area contributed by atoms with Crippen molar-refractivity contribution >= 4 is 12.6 Å². The average molecular weight is 194 g/mol. The monoisotopic (exact) mass is 194 g/mol. The number of phenolic OH excluding ortho intramolecular Hbond substituents is 1. The molecule has 3 heteroatoms. The number of phenols is 1. The Morgan fingerprint density at radius 2 is 2.31 bits per heavy atom. The maximum absolute atomic E-state index is 9.15. The summed E-state index contributed by atoms with van der Waals surface area (Å²) < 4.78 is 5.04. The van der Waals surface area contributed by atoms with Gasteiger partial charge in [0.2, 0.25) is 0 Å². The lowest BCUT2D eigenvalue weighted by molar-refractivity contribution is 0.406. The highest BCUT2D eigenvalue weighted by molar-refractivity contribution is 7.80. The summed E-state index contributed by atoms with van der Waals surface area (Å²) in [4.78, 5) is 0. The van der Waals surface area contributed by atoms with Gasteiger partial charge in [-0.2, -0.15) is 12.6 Å². The Labute approximate surface area is 83.0 Å². The second kappa shape index (κ2) is 4.68. The molecule has 0 saturated carbocycles. The van der Waals surface area contributed by atoms with Crippen LogP contribution in [0.4, 0.5) is 0 Å². The van der Waals surface area contributed by atoms with Gasteiger partial charge < -0.3 is 9.84 Å². The van der Waals surface area contributed by atoms with Crippen molar-refractivity contribution in [2.45, 2.75) is 0 Å². The number of aromatic hydroxyl groups is 1. The van der Waals surface area contributed by atoms with E-state index in [0.29, 0.717) is 11.5 Å². The first kappa shape index (κ1) is 9.82. The number of hydrogen-bond donors (Lipinski definition) is 2. The summed E-state index contributed by atoms with van der Waals surface area (Å²) in [6, 6.07) is 4.82. The van der Waals surface area contributed by atoms with Crippen LogP contribution in [0.2, 0.25) is 0 Å². The fraction of sp³-hybridized carbons (Fsp3) is 0.200. The molecule has 0 unspecified atom stereocenters. The largest absolute Gasteiger partial charge is 0.508 e. The molecule has 68 valence electrons. The first-order valence-electron chi connectivity index (χ1n) is 3.74. The molecule has 1 aromatic rings. The van der Waals surface area contributed by atoms with Crippen LogP contribution >= 0.6 is 12.6 Å². The summed E-state index contributed by atoms with van der Waals surface area (Å²) in [7, 11) is 1.54. The standard InChI is InChI=1S/C10H10O2S/c1-12-10-7-9(11)5-4-8(10)3-2-6-13/h4-5,7,11,13H,6H2,1H3. The van der Waals surface area contributed by atoms with Crippen LogP contribution in [0.15, 0.2) is 18.2 Å². The van der Waals surface area contributed by atoms with Crippen LogP contribution in [-0.4, -0.2) is 18.0 Å². The molecule has 0 aliphatic carbocycles. The Morgan fingerprint density at radius 3 is 2.92 bits per heavy atom. The minimum atomic E-state index is 0.174. The van der Waals surface area contributed by atoms with Crippen molar-refractivity contribution in [3.05, 3.63) is 23.8 Å². The lowest BCUT2D eigenvalue weighted by Crippen LogP contribution is -1.87. The van der Waals surface area contributed by atoms with Crippen molar-refractivity contribution < 1.29 is 9.84 Å². The van der Waals surface area contributed by atoms with Crippen molar-refractivity contribution in [2.24, 2.45) is 0 Å². The molecule has 0 bridgehead atoms. The van der Waals surface area contributed by atoms with Crippen LogP contribution < -0.4 is 4.74 Å². The highest BCUT2D eigenvalue weighted by Crippen LogP contribution is 2.22. The van der Waals surface area contributed by atoms with Crippen LogP contribution in [0.3, 0.4) is 0 Å². The molecule has 0 saturated heterocycles. The molecule has 0 amide bonds. The first-order chi connectivity index (χ1) is 6.27. The molecular weight excluding hydrogens is 184 g/mol. The van der Waals surface area contributed by atoms with Crippen LogP contribution in [-0.2, 0) is 0 Å². The molecule has 0 spiro atoms. The van der Waals surface area contributed by atoms with Gasteiger partial charge in [-0.15, -0.1) is 0 Å². The predicted octanol–water partition coefficient (Wildman–Crippen LogP) is 1.68. The summed E-state index contributed by atoms with van der Waals surface area (Å²) >= 11 is 3.97.